The first-order valence-corrected chi connectivity index (χ1v) is 9.96. The van der Waals surface area contributed by atoms with Crippen molar-refractivity contribution >= 4 is 25.3 Å². The Morgan fingerprint density at radius 2 is 0.800 bits per heavy atom. The molecule has 0 nitrogen and oxygen atoms in total. The molecule has 2 heteroatoms. The molecule has 0 N–H and O–H groups in total. The SMILES string of the molecule is CCCCCCCCCCC(S)(S)CCCCCCC. The maximum Gasteiger partial charge on any atom is 0.0552 e. The summed E-state index contributed by atoms with van der Waals surface area (Å²) in [4.78, 5) is 0. The Morgan fingerprint density at radius 3 is 1.15 bits per heavy atom. The minimum absolute atomic E-state index is 0.0194. The lowest BCUT2D eigenvalue weighted by atomic mass is 10.0. The van der Waals surface area contributed by atoms with Gasteiger partial charge in [-0.2, -0.15) is 25.3 Å². The monoisotopic (exact) mass is 318 g/mol. The fourth-order valence-corrected chi connectivity index (χ4v) is 3.31. The van der Waals surface area contributed by atoms with Crippen LogP contribution >= 0.6 is 25.3 Å². The molecular formula is C18H38S2. The summed E-state index contributed by atoms with van der Waals surface area (Å²) >= 11 is 9.49. The molecule has 0 bridgehead atoms. The van der Waals surface area contributed by atoms with E-state index in [0.29, 0.717) is 0 Å². The highest BCUT2D eigenvalue weighted by Crippen LogP contribution is 2.32. The predicted molar refractivity (Wildman–Crippen MR) is 101 cm³/mol. The summed E-state index contributed by atoms with van der Waals surface area (Å²) in [6, 6.07) is 0. The van der Waals surface area contributed by atoms with Crippen molar-refractivity contribution in [2.75, 3.05) is 0 Å². The maximum atomic E-state index is 4.75. The van der Waals surface area contributed by atoms with Crippen LogP contribution in [0.1, 0.15) is 110 Å². The highest BCUT2D eigenvalue weighted by atomic mass is 32.2. The van der Waals surface area contributed by atoms with Crippen LogP contribution in [0.5, 0.6) is 0 Å². The van der Waals surface area contributed by atoms with Gasteiger partial charge in [0.25, 0.3) is 0 Å². The smallest absolute Gasteiger partial charge is 0.0552 e. The van der Waals surface area contributed by atoms with Gasteiger partial charge in [-0.1, -0.05) is 97.3 Å². The minimum Gasteiger partial charge on any atom is -0.162 e. The molecule has 0 aliphatic carbocycles. The molecule has 0 saturated carbocycles. The van der Waals surface area contributed by atoms with Crippen molar-refractivity contribution in [2.45, 2.75) is 114 Å². The van der Waals surface area contributed by atoms with E-state index in [4.69, 9.17) is 25.3 Å². The van der Waals surface area contributed by atoms with Crippen molar-refractivity contribution in [1.82, 2.24) is 0 Å². The Hall–Kier alpha value is 0.700. The zero-order valence-corrected chi connectivity index (χ0v) is 15.8. The van der Waals surface area contributed by atoms with E-state index in [1.807, 2.05) is 0 Å². The molecule has 0 amide bonds. The van der Waals surface area contributed by atoms with Crippen molar-refractivity contribution in [3.8, 4) is 0 Å². The van der Waals surface area contributed by atoms with Crippen LogP contribution in [0.2, 0.25) is 0 Å². The van der Waals surface area contributed by atoms with E-state index in [0.717, 1.165) is 0 Å². The van der Waals surface area contributed by atoms with Gasteiger partial charge >= 0.3 is 0 Å². The van der Waals surface area contributed by atoms with E-state index in [2.05, 4.69) is 13.8 Å². The van der Waals surface area contributed by atoms with Gasteiger partial charge in [0.05, 0.1) is 4.08 Å². The molecule has 0 radical (unpaired) electrons. The quantitative estimate of drug-likeness (QED) is 0.175. The molecule has 0 aliphatic heterocycles. The largest absolute Gasteiger partial charge is 0.162 e. The molecule has 0 heterocycles. The highest BCUT2D eigenvalue weighted by molar-refractivity contribution is 8.00. The fraction of sp³-hybridized carbons (Fsp3) is 1.00. The van der Waals surface area contributed by atoms with Crippen LogP contribution in [0.3, 0.4) is 0 Å². The van der Waals surface area contributed by atoms with E-state index >= 15 is 0 Å². The molecule has 0 saturated heterocycles. The first-order chi connectivity index (χ1) is 9.62. The standard InChI is InChI=1S/C18H38S2/c1-3-5-7-9-10-11-13-15-17-18(19,20)16-14-12-8-6-4-2/h19-20H,3-17H2,1-2H3. The topological polar surface area (TPSA) is 0 Å². The van der Waals surface area contributed by atoms with Crippen LogP contribution in [0.4, 0.5) is 0 Å². The Balaban J connectivity index is 3.33. The Bertz CT molecular complexity index is 190. The minimum atomic E-state index is -0.0194. The number of hydrogen-bond donors (Lipinski definition) is 2. The lowest BCUT2D eigenvalue weighted by molar-refractivity contribution is 0.526. The van der Waals surface area contributed by atoms with Crippen LogP contribution in [0.25, 0.3) is 0 Å². The molecule has 0 spiro atoms. The summed E-state index contributed by atoms with van der Waals surface area (Å²) < 4.78 is -0.0194. The lowest BCUT2D eigenvalue weighted by Gasteiger charge is -2.22. The molecule has 0 fully saturated rings. The summed E-state index contributed by atoms with van der Waals surface area (Å²) in [5.74, 6) is 0. The lowest BCUT2D eigenvalue weighted by Crippen LogP contribution is -2.12. The maximum absolute atomic E-state index is 4.75. The third kappa shape index (κ3) is 15.1. The Kier molecular flexibility index (Phi) is 15.1. The van der Waals surface area contributed by atoms with Crippen LogP contribution in [-0.2, 0) is 0 Å². The second kappa shape index (κ2) is 14.6. The third-order valence-corrected chi connectivity index (χ3v) is 5.01. The van der Waals surface area contributed by atoms with Crippen LogP contribution in [0.15, 0.2) is 0 Å². The zero-order valence-electron chi connectivity index (χ0n) is 14.0. The van der Waals surface area contributed by atoms with Gasteiger partial charge in [-0.05, 0) is 12.8 Å². The van der Waals surface area contributed by atoms with Gasteiger partial charge in [-0.25, -0.2) is 0 Å². The average Bonchev–Trinajstić information content (AvgIpc) is 2.41. The highest BCUT2D eigenvalue weighted by Gasteiger charge is 2.18. The number of rotatable bonds is 15. The molecule has 0 aromatic heterocycles. The number of thiol groups is 2. The van der Waals surface area contributed by atoms with E-state index < -0.39 is 0 Å². The van der Waals surface area contributed by atoms with Crippen LogP contribution < -0.4 is 0 Å². The molecule has 0 aromatic rings. The van der Waals surface area contributed by atoms with E-state index in [-0.39, 0.29) is 4.08 Å². The second-order valence-electron chi connectivity index (χ2n) is 6.37. The van der Waals surface area contributed by atoms with Gasteiger partial charge in [0, 0.05) is 0 Å². The van der Waals surface area contributed by atoms with E-state index in [9.17, 15) is 0 Å². The molecule has 20 heavy (non-hydrogen) atoms. The summed E-state index contributed by atoms with van der Waals surface area (Å²) in [5.41, 5.74) is 0. The Morgan fingerprint density at radius 1 is 0.500 bits per heavy atom. The van der Waals surface area contributed by atoms with Crippen molar-refractivity contribution in [2.24, 2.45) is 0 Å². The molecule has 0 aliphatic rings. The first-order valence-electron chi connectivity index (χ1n) is 9.07. The predicted octanol–water partition coefficient (Wildman–Crippen LogP) is 7.43. The van der Waals surface area contributed by atoms with Crippen molar-refractivity contribution in [3.63, 3.8) is 0 Å². The van der Waals surface area contributed by atoms with Crippen molar-refractivity contribution in [1.29, 1.82) is 0 Å². The number of hydrogen-bond acceptors (Lipinski definition) is 2. The van der Waals surface area contributed by atoms with Gasteiger partial charge < -0.3 is 0 Å². The zero-order chi connectivity index (χ0) is 15.1. The first kappa shape index (κ1) is 20.7. The van der Waals surface area contributed by atoms with E-state index in [1.54, 1.807) is 0 Å². The van der Waals surface area contributed by atoms with Gasteiger partial charge in [-0.15, -0.1) is 0 Å². The van der Waals surface area contributed by atoms with Gasteiger partial charge in [-0.3, -0.25) is 0 Å². The molecule has 122 valence electrons. The molecule has 0 unspecified atom stereocenters. The van der Waals surface area contributed by atoms with Gasteiger partial charge in [0.15, 0.2) is 0 Å². The summed E-state index contributed by atoms with van der Waals surface area (Å²) in [7, 11) is 0. The molecule has 0 aromatic carbocycles. The van der Waals surface area contributed by atoms with Crippen molar-refractivity contribution < 1.29 is 0 Å². The van der Waals surface area contributed by atoms with Crippen LogP contribution in [-0.4, -0.2) is 4.08 Å². The van der Waals surface area contributed by atoms with Gasteiger partial charge in [0.2, 0.25) is 0 Å². The summed E-state index contributed by atoms with van der Waals surface area (Å²) in [5, 5.41) is 0. The molecule has 0 atom stereocenters. The number of unbranched alkanes of at least 4 members (excludes halogenated alkanes) is 11. The van der Waals surface area contributed by atoms with Crippen molar-refractivity contribution in [3.05, 3.63) is 0 Å². The van der Waals surface area contributed by atoms with Gasteiger partial charge in [0.1, 0.15) is 0 Å². The summed E-state index contributed by atoms with van der Waals surface area (Å²) in [6.45, 7) is 4.55. The average molecular weight is 319 g/mol. The fourth-order valence-electron chi connectivity index (χ4n) is 2.68. The second-order valence-corrected chi connectivity index (χ2v) is 8.44. The molecular weight excluding hydrogens is 280 g/mol. The third-order valence-electron chi connectivity index (χ3n) is 4.11. The Labute approximate surface area is 139 Å². The normalized spacial score (nSPS) is 12.0. The molecule has 0 rings (SSSR count). The van der Waals surface area contributed by atoms with E-state index in [1.165, 1.54) is 96.3 Å². The summed E-state index contributed by atoms with van der Waals surface area (Å²) in [6.07, 6.45) is 20.2. The van der Waals surface area contributed by atoms with Crippen LogP contribution in [0, 0.1) is 0 Å².